The molecule has 0 saturated carbocycles. The third-order valence-electron chi connectivity index (χ3n) is 3.81. The molecule has 0 unspecified atom stereocenters. The van der Waals surface area contributed by atoms with E-state index in [1.54, 1.807) is 26.4 Å². The van der Waals surface area contributed by atoms with E-state index in [9.17, 15) is 4.79 Å². The number of thioether (sulfide) groups is 1. The van der Waals surface area contributed by atoms with Crippen LogP contribution in [0.1, 0.15) is 12.5 Å². The van der Waals surface area contributed by atoms with Gasteiger partial charge >= 0.3 is 0 Å². The highest BCUT2D eigenvalue weighted by Gasteiger charge is 2.32. The van der Waals surface area contributed by atoms with Crippen LogP contribution in [0.2, 0.25) is 5.02 Å². The lowest BCUT2D eigenvalue weighted by atomic mass is 10.1. The van der Waals surface area contributed by atoms with E-state index in [-0.39, 0.29) is 5.91 Å². The van der Waals surface area contributed by atoms with Gasteiger partial charge < -0.3 is 4.74 Å². The van der Waals surface area contributed by atoms with Crippen LogP contribution in [-0.2, 0) is 4.79 Å². The maximum atomic E-state index is 12.6. The molecular weight excluding hydrogens is 358 g/mol. The van der Waals surface area contributed by atoms with Crippen LogP contribution in [-0.4, -0.2) is 35.1 Å². The standard InChI is InChI=1S/C18H16ClN3O2S/c1-11(12-4-6-13(24-3)7-5-12)16-17(23)22(2)18(25-16)21-15-8-9-20-10-14(15)19/h4-10H,1-3H3/b16-11-,21-18?. The Morgan fingerprint density at radius 1 is 1.28 bits per heavy atom. The van der Waals surface area contributed by atoms with E-state index in [1.165, 1.54) is 22.9 Å². The molecule has 0 spiro atoms. The van der Waals surface area contributed by atoms with Gasteiger partial charge in [0.1, 0.15) is 5.75 Å². The molecule has 128 valence electrons. The summed E-state index contributed by atoms with van der Waals surface area (Å²) in [5, 5.41) is 1.03. The predicted molar refractivity (Wildman–Crippen MR) is 102 cm³/mol. The lowest BCUT2D eigenvalue weighted by Crippen LogP contribution is -2.23. The first-order chi connectivity index (χ1) is 12.0. The number of aromatic nitrogens is 1. The molecule has 1 fully saturated rings. The van der Waals surface area contributed by atoms with Gasteiger partial charge in [-0.05, 0) is 48.0 Å². The summed E-state index contributed by atoms with van der Waals surface area (Å²) in [7, 11) is 3.33. The second kappa shape index (κ2) is 7.29. The SMILES string of the molecule is COc1ccc(/C(C)=C2\SC(=Nc3ccncc3Cl)N(C)C2=O)cc1. The van der Waals surface area contributed by atoms with Crippen molar-refractivity contribution >= 4 is 45.7 Å². The predicted octanol–water partition coefficient (Wildman–Crippen LogP) is 4.37. The Balaban J connectivity index is 1.96. The molecule has 1 aromatic carbocycles. The minimum Gasteiger partial charge on any atom is -0.497 e. The maximum absolute atomic E-state index is 12.6. The van der Waals surface area contributed by atoms with Crippen molar-refractivity contribution in [3.63, 3.8) is 0 Å². The van der Waals surface area contributed by atoms with Gasteiger partial charge in [-0.25, -0.2) is 4.99 Å². The minimum absolute atomic E-state index is 0.0813. The number of allylic oxidation sites excluding steroid dienone is 1. The minimum atomic E-state index is -0.0813. The monoisotopic (exact) mass is 373 g/mol. The van der Waals surface area contributed by atoms with Crippen LogP contribution in [0.3, 0.4) is 0 Å². The third-order valence-corrected chi connectivity index (χ3v) is 5.33. The molecule has 1 aliphatic rings. The number of halogens is 1. The van der Waals surface area contributed by atoms with Crippen LogP contribution in [0.25, 0.3) is 5.57 Å². The average Bonchev–Trinajstić information content (AvgIpc) is 2.91. The number of carbonyl (C=O) groups is 1. The van der Waals surface area contributed by atoms with Gasteiger partial charge in [-0.15, -0.1) is 0 Å². The van der Waals surface area contributed by atoms with E-state index < -0.39 is 0 Å². The number of amides is 1. The highest BCUT2D eigenvalue weighted by atomic mass is 35.5. The average molecular weight is 374 g/mol. The molecule has 5 nitrogen and oxygen atoms in total. The Bertz CT molecular complexity index is 878. The van der Waals surface area contributed by atoms with E-state index in [1.807, 2.05) is 31.2 Å². The van der Waals surface area contributed by atoms with Crippen LogP contribution in [0.4, 0.5) is 5.69 Å². The summed E-state index contributed by atoms with van der Waals surface area (Å²) in [5.41, 5.74) is 2.45. The number of methoxy groups -OCH3 is 1. The Morgan fingerprint density at radius 2 is 2.00 bits per heavy atom. The summed E-state index contributed by atoms with van der Waals surface area (Å²) in [6, 6.07) is 9.33. The van der Waals surface area contributed by atoms with Gasteiger partial charge in [0.2, 0.25) is 0 Å². The number of rotatable bonds is 3. The number of aliphatic imine (C=N–C) groups is 1. The Hall–Kier alpha value is -2.31. The number of nitrogens with zero attached hydrogens (tertiary/aromatic N) is 3. The second-order valence-electron chi connectivity index (χ2n) is 5.37. The zero-order valence-electron chi connectivity index (χ0n) is 14.0. The van der Waals surface area contributed by atoms with E-state index in [4.69, 9.17) is 16.3 Å². The molecule has 0 aliphatic carbocycles. The summed E-state index contributed by atoms with van der Waals surface area (Å²) in [4.78, 5) is 23.2. The summed E-state index contributed by atoms with van der Waals surface area (Å²) < 4.78 is 5.17. The Labute approximate surface area is 155 Å². The summed E-state index contributed by atoms with van der Waals surface area (Å²) >= 11 is 7.44. The van der Waals surface area contributed by atoms with Crippen molar-refractivity contribution in [1.82, 2.24) is 9.88 Å². The number of likely N-dealkylation sites (N-methyl/N-ethyl adjacent to an activating group) is 1. The maximum Gasteiger partial charge on any atom is 0.266 e. The zero-order chi connectivity index (χ0) is 18.0. The molecule has 1 aromatic heterocycles. The van der Waals surface area contributed by atoms with E-state index >= 15 is 0 Å². The van der Waals surface area contributed by atoms with Gasteiger partial charge in [-0.1, -0.05) is 23.7 Å². The first kappa shape index (κ1) is 17.5. The molecule has 2 heterocycles. The molecule has 7 heteroatoms. The molecule has 25 heavy (non-hydrogen) atoms. The zero-order valence-corrected chi connectivity index (χ0v) is 15.6. The van der Waals surface area contributed by atoms with Gasteiger partial charge in [-0.3, -0.25) is 14.7 Å². The molecule has 0 bridgehead atoms. The van der Waals surface area contributed by atoms with Crippen molar-refractivity contribution in [3.8, 4) is 5.75 Å². The summed E-state index contributed by atoms with van der Waals surface area (Å²) in [6.45, 7) is 1.93. The number of ether oxygens (including phenoxy) is 1. The van der Waals surface area contributed by atoms with Crippen molar-refractivity contribution in [2.75, 3.05) is 14.2 Å². The molecule has 1 aliphatic heterocycles. The van der Waals surface area contributed by atoms with E-state index in [0.29, 0.717) is 20.8 Å². The summed E-state index contributed by atoms with van der Waals surface area (Å²) in [6.07, 6.45) is 3.15. The van der Waals surface area contributed by atoms with E-state index in [2.05, 4.69) is 9.98 Å². The Kier molecular flexibility index (Phi) is 5.11. The fraction of sp³-hybridized carbons (Fsp3) is 0.167. The molecule has 0 radical (unpaired) electrons. The lowest BCUT2D eigenvalue weighted by molar-refractivity contribution is -0.121. The molecule has 2 aromatic rings. The van der Waals surface area contributed by atoms with Gasteiger partial charge in [0.15, 0.2) is 5.17 Å². The van der Waals surface area contributed by atoms with Crippen molar-refractivity contribution < 1.29 is 9.53 Å². The molecule has 1 amide bonds. The second-order valence-corrected chi connectivity index (χ2v) is 6.76. The Morgan fingerprint density at radius 3 is 2.64 bits per heavy atom. The van der Waals surface area contributed by atoms with Crippen molar-refractivity contribution in [2.45, 2.75) is 6.92 Å². The summed E-state index contributed by atoms with van der Waals surface area (Å²) in [5.74, 6) is 0.695. The normalized spacial score (nSPS) is 18.0. The van der Waals surface area contributed by atoms with Crippen molar-refractivity contribution in [3.05, 3.63) is 58.2 Å². The number of carbonyl (C=O) groups excluding carboxylic acids is 1. The lowest BCUT2D eigenvalue weighted by Gasteiger charge is -2.08. The van der Waals surface area contributed by atoms with Gasteiger partial charge in [-0.2, -0.15) is 0 Å². The van der Waals surface area contributed by atoms with Crippen molar-refractivity contribution in [2.24, 2.45) is 4.99 Å². The van der Waals surface area contributed by atoms with Crippen LogP contribution in [0.5, 0.6) is 5.75 Å². The smallest absolute Gasteiger partial charge is 0.266 e. The number of benzene rings is 1. The molecular formula is C18H16ClN3O2S. The number of hydrogen-bond acceptors (Lipinski definition) is 5. The number of hydrogen-bond donors (Lipinski definition) is 0. The van der Waals surface area contributed by atoms with Crippen LogP contribution < -0.4 is 4.74 Å². The molecule has 0 atom stereocenters. The van der Waals surface area contributed by atoms with Gasteiger partial charge in [0.25, 0.3) is 5.91 Å². The van der Waals surface area contributed by atoms with Crippen LogP contribution in [0.15, 0.2) is 52.6 Å². The third kappa shape index (κ3) is 3.55. The quantitative estimate of drug-likeness (QED) is 0.750. The molecule has 1 saturated heterocycles. The molecule has 0 N–H and O–H groups in total. The first-order valence-corrected chi connectivity index (χ1v) is 8.70. The van der Waals surface area contributed by atoms with Gasteiger partial charge in [0, 0.05) is 19.4 Å². The first-order valence-electron chi connectivity index (χ1n) is 7.50. The van der Waals surface area contributed by atoms with Crippen LogP contribution in [0, 0.1) is 0 Å². The van der Waals surface area contributed by atoms with Crippen LogP contribution >= 0.6 is 23.4 Å². The fourth-order valence-corrected chi connectivity index (χ4v) is 3.51. The fourth-order valence-electron chi connectivity index (χ4n) is 2.31. The highest BCUT2D eigenvalue weighted by molar-refractivity contribution is 8.18. The highest BCUT2D eigenvalue weighted by Crippen LogP contribution is 2.37. The van der Waals surface area contributed by atoms with E-state index in [0.717, 1.165) is 16.9 Å². The number of amidine groups is 1. The van der Waals surface area contributed by atoms with Crippen molar-refractivity contribution in [1.29, 1.82) is 0 Å². The number of pyridine rings is 1. The van der Waals surface area contributed by atoms with Gasteiger partial charge in [0.05, 0.1) is 22.7 Å². The molecule has 3 rings (SSSR count). The topological polar surface area (TPSA) is 54.8 Å². The largest absolute Gasteiger partial charge is 0.497 e.